The lowest BCUT2D eigenvalue weighted by Crippen LogP contribution is -2.13. The van der Waals surface area contributed by atoms with Crippen molar-refractivity contribution in [1.29, 1.82) is 0 Å². The number of carbonyl (C=O) groups excluding carboxylic acids is 1. The number of aryl methyl sites for hydroxylation is 2. The lowest BCUT2D eigenvalue weighted by molar-refractivity contribution is 0.0904. The van der Waals surface area contributed by atoms with Crippen molar-refractivity contribution in [3.63, 3.8) is 0 Å². The Morgan fingerprint density at radius 1 is 1.47 bits per heavy atom. The first-order valence-corrected chi connectivity index (χ1v) is 6.40. The first-order valence-electron chi connectivity index (χ1n) is 5.58. The number of rotatable bonds is 2. The van der Waals surface area contributed by atoms with E-state index in [1.165, 1.54) is 29.7 Å². The van der Waals surface area contributed by atoms with Crippen molar-refractivity contribution in [2.24, 2.45) is 5.92 Å². The maximum atomic E-state index is 12.1. The largest absolute Gasteiger partial charge is 0.381 e. The Kier molecular flexibility index (Phi) is 2.37. The van der Waals surface area contributed by atoms with Gasteiger partial charge in [0.1, 0.15) is 0 Å². The van der Waals surface area contributed by atoms with Crippen molar-refractivity contribution in [2.45, 2.75) is 25.7 Å². The molecule has 0 N–H and O–H groups in total. The molecule has 2 heterocycles. The van der Waals surface area contributed by atoms with Crippen LogP contribution in [0.2, 0.25) is 0 Å². The Morgan fingerprint density at radius 3 is 3.13 bits per heavy atom. The van der Waals surface area contributed by atoms with Gasteiger partial charge in [-0.25, -0.2) is 0 Å². The van der Waals surface area contributed by atoms with Crippen molar-refractivity contribution >= 4 is 17.1 Å². The quantitative estimate of drug-likeness (QED) is 0.718. The maximum Gasteiger partial charge on any atom is 0.178 e. The van der Waals surface area contributed by atoms with Gasteiger partial charge < -0.3 is 4.74 Å². The van der Waals surface area contributed by atoms with Gasteiger partial charge in [0, 0.05) is 17.4 Å². The monoisotopic (exact) mass is 222 g/mol. The number of hydrogen-bond donors (Lipinski definition) is 0. The van der Waals surface area contributed by atoms with Gasteiger partial charge in [0.2, 0.25) is 0 Å². The molecule has 1 aliphatic carbocycles. The van der Waals surface area contributed by atoms with Gasteiger partial charge in [-0.2, -0.15) is 0 Å². The van der Waals surface area contributed by atoms with Crippen LogP contribution in [0.4, 0.5) is 0 Å². The molecule has 0 spiro atoms. The molecule has 1 fully saturated rings. The van der Waals surface area contributed by atoms with Crippen LogP contribution in [0.15, 0.2) is 6.07 Å². The molecule has 3 rings (SSSR count). The Morgan fingerprint density at radius 2 is 2.40 bits per heavy atom. The summed E-state index contributed by atoms with van der Waals surface area (Å²) in [4.78, 5) is 14.5. The summed E-state index contributed by atoms with van der Waals surface area (Å²) in [7, 11) is 0. The fourth-order valence-corrected chi connectivity index (χ4v) is 3.67. The van der Waals surface area contributed by atoms with E-state index in [1.54, 1.807) is 11.3 Å². The third-order valence-electron chi connectivity index (χ3n) is 3.29. The average molecular weight is 222 g/mol. The van der Waals surface area contributed by atoms with Crippen molar-refractivity contribution in [3.8, 4) is 0 Å². The molecule has 0 aromatic carbocycles. The number of hydrogen-bond acceptors (Lipinski definition) is 3. The molecule has 15 heavy (non-hydrogen) atoms. The van der Waals surface area contributed by atoms with Gasteiger partial charge in [-0.15, -0.1) is 11.3 Å². The van der Waals surface area contributed by atoms with Crippen LogP contribution in [0.3, 0.4) is 0 Å². The van der Waals surface area contributed by atoms with Gasteiger partial charge in [-0.1, -0.05) is 0 Å². The molecule has 1 aromatic heterocycles. The molecule has 1 aromatic rings. The fraction of sp³-hybridized carbons (Fsp3) is 0.583. The van der Waals surface area contributed by atoms with Crippen LogP contribution in [-0.4, -0.2) is 19.0 Å². The highest BCUT2D eigenvalue weighted by molar-refractivity contribution is 7.14. The summed E-state index contributed by atoms with van der Waals surface area (Å²) >= 11 is 1.71. The van der Waals surface area contributed by atoms with E-state index < -0.39 is 0 Å². The smallest absolute Gasteiger partial charge is 0.178 e. The molecule has 1 aliphatic heterocycles. The molecule has 0 amide bonds. The molecule has 0 bridgehead atoms. The minimum atomic E-state index is 0.128. The second kappa shape index (κ2) is 3.72. The summed E-state index contributed by atoms with van der Waals surface area (Å²) in [6.45, 7) is 1.38. The first-order chi connectivity index (χ1) is 7.34. The molecular formula is C12H14O2S. The van der Waals surface area contributed by atoms with Gasteiger partial charge >= 0.3 is 0 Å². The highest BCUT2D eigenvalue weighted by atomic mass is 32.1. The topological polar surface area (TPSA) is 26.3 Å². The third-order valence-corrected chi connectivity index (χ3v) is 4.54. The third kappa shape index (κ3) is 1.64. The molecule has 0 radical (unpaired) electrons. The first kappa shape index (κ1) is 9.55. The molecule has 2 aliphatic rings. The molecular weight excluding hydrogens is 208 g/mol. The SMILES string of the molecule is O=C(c1cc2c(s1)CCC2)C1CCOC1. The van der Waals surface area contributed by atoms with Crippen LogP contribution in [0.5, 0.6) is 0 Å². The summed E-state index contributed by atoms with van der Waals surface area (Å²) in [6, 6.07) is 2.12. The zero-order chi connectivity index (χ0) is 10.3. The van der Waals surface area contributed by atoms with Crippen LogP contribution in [0.1, 0.15) is 33.0 Å². The van der Waals surface area contributed by atoms with E-state index in [1.807, 2.05) is 0 Å². The number of thiophene rings is 1. The molecule has 80 valence electrons. The van der Waals surface area contributed by atoms with Crippen LogP contribution >= 0.6 is 11.3 Å². The summed E-state index contributed by atoms with van der Waals surface area (Å²) < 4.78 is 5.26. The van der Waals surface area contributed by atoms with E-state index in [2.05, 4.69) is 6.07 Å². The standard InChI is InChI=1S/C12H14O2S/c13-12(9-4-5-14-7-9)11-6-8-2-1-3-10(8)15-11/h6,9H,1-5,7H2. The van der Waals surface area contributed by atoms with Crippen molar-refractivity contribution < 1.29 is 9.53 Å². The summed E-state index contributed by atoms with van der Waals surface area (Å²) in [6.07, 6.45) is 4.51. The fourth-order valence-electron chi connectivity index (χ4n) is 2.39. The van der Waals surface area contributed by atoms with Crippen molar-refractivity contribution in [3.05, 3.63) is 21.4 Å². The normalized spacial score (nSPS) is 24.4. The number of fused-ring (bicyclic) bond motifs is 1. The Balaban J connectivity index is 1.83. The number of ketones is 1. The van der Waals surface area contributed by atoms with Crippen molar-refractivity contribution in [2.75, 3.05) is 13.2 Å². The summed E-state index contributed by atoms with van der Waals surface area (Å²) in [5.41, 5.74) is 1.42. The summed E-state index contributed by atoms with van der Waals surface area (Å²) in [5, 5.41) is 0. The van der Waals surface area contributed by atoms with Gasteiger partial charge in [0.15, 0.2) is 5.78 Å². The van der Waals surface area contributed by atoms with E-state index in [0.29, 0.717) is 12.4 Å². The number of carbonyl (C=O) groups is 1. The van der Waals surface area contributed by atoms with E-state index in [9.17, 15) is 4.79 Å². The predicted octanol–water partition coefficient (Wildman–Crippen LogP) is 2.46. The van der Waals surface area contributed by atoms with Crippen LogP contribution < -0.4 is 0 Å². The zero-order valence-corrected chi connectivity index (χ0v) is 9.44. The van der Waals surface area contributed by atoms with Gasteiger partial charge in [-0.3, -0.25) is 4.79 Å². The van der Waals surface area contributed by atoms with E-state index >= 15 is 0 Å². The highest BCUT2D eigenvalue weighted by Crippen LogP contribution is 2.32. The molecule has 1 atom stereocenters. The highest BCUT2D eigenvalue weighted by Gasteiger charge is 2.27. The van der Waals surface area contributed by atoms with Crippen LogP contribution in [-0.2, 0) is 17.6 Å². The molecule has 0 saturated carbocycles. The Hall–Kier alpha value is -0.670. The molecule has 3 heteroatoms. The second-order valence-electron chi connectivity index (χ2n) is 4.34. The molecule has 2 nitrogen and oxygen atoms in total. The van der Waals surface area contributed by atoms with Crippen LogP contribution in [0, 0.1) is 5.92 Å². The minimum Gasteiger partial charge on any atom is -0.381 e. The molecule has 1 unspecified atom stereocenters. The Bertz CT molecular complexity index is 367. The van der Waals surface area contributed by atoms with E-state index in [4.69, 9.17) is 4.74 Å². The van der Waals surface area contributed by atoms with Crippen molar-refractivity contribution in [1.82, 2.24) is 0 Å². The molecule has 1 saturated heterocycles. The van der Waals surface area contributed by atoms with Crippen LogP contribution in [0.25, 0.3) is 0 Å². The number of ether oxygens (including phenoxy) is 1. The summed E-state index contributed by atoms with van der Waals surface area (Å²) in [5.74, 6) is 0.440. The van der Waals surface area contributed by atoms with Gasteiger partial charge in [0.05, 0.1) is 11.5 Å². The van der Waals surface area contributed by atoms with E-state index in [0.717, 1.165) is 17.9 Å². The minimum absolute atomic E-state index is 0.128. The van der Waals surface area contributed by atoms with Gasteiger partial charge in [0.25, 0.3) is 0 Å². The lowest BCUT2D eigenvalue weighted by Gasteiger charge is -2.03. The van der Waals surface area contributed by atoms with Gasteiger partial charge in [-0.05, 0) is 37.3 Å². The predicted molar refractivity (Wildman–Crippen MR) is 59.6 cm³/mol. The zero-order valence-electron chi connectivity index (χ0n) is 8.62. The maximum absolute atomic E-state index is 12.1. The second-order valence-corrected chi connectivity index (χ2v) is 5.47. The van der Waals surface area contributed by atoms with E-state index in [-0.39, 0.29) is 5.92 Å². The Labute approximate surface area is 93.3 Å². The lowest BCUT2D eigenvalue weighted by atomic mass is 10.0. The number of Topliss-reactive ketones (excluding diaryl/α,β-unsaturated/α-hetero) is 1. The average Bonchev–Trinajstić information content (AvgIpc) is 2.92.